The summed E-state index contributed by atoms with van der Waals surface area (Å²) in [5.41, 5.74) is 4.06. The number of benzene rings is 2. The lowest BCUT2D eigenvalue weighted by atomic mass is 10.2. The Labute approximate surface area is 138 Å². The fourth-order valence-corrected chi connectivity index (χ4v) is 2.34. The fourth-order valence-electron chi connectivity index (χ4n) is 1.42. The number of rotatable bonds is 3. The molecule has 1 N–H and O–H groups in total. The summed E-state index contributed by atoms with van der Waals surface area (Å²) in [6, 6.07) is 15.2. The number of halogens is 2. The molecule has 5 heteroatoms. The van der Waals surface area contributed by atoms with Crippen LogP contribution in [0.2, 0.25) is 0 Å². The van der Waals surface area contributed by atoms with Crippen molar-refractivity contribution in [3.8, 4) is 0 Å². The normalized spacial score (nSPS) is 10.6. The van der Waals surface area contributed by atoms with Gasteiger partial charge in [0.1, 0.15) is 0 Å². The van der Waals surface area contributed by atoms with E-state index in [9.17, 15) is 4.79 Å². The average molecular weight is 476 g/mol. The number of hydrogen-bond donors (Lipinski definition) is 1. The molecular weight excluding hydrogens is 466 g/mol. The van der Waals surface area contributed by atoms with Gasteiger partial charge in [-0.1, -0.05) is 12.1 Å². The Kier molecular flexibility index (Phi) is 5.32. The second-order valence-electron chi connectivity index (χ2n) is 3.76. The van der Waals surface area contributed by atoms with E-state index in [0.29, 0.717) is 5.56 Å². The molecule has 0 radical (unpaired) electrons. The van der Waals surface area contributed by atoms with Gasteiger partial charge in [0.2, 0.25) is 0 Å². The highest BCUT2D eigenvalue weighted by Crippen LogP contribution is 2.07. The minimum Gasteiger partial charge on any atom is -0.267 e. The van der Waals surface area contributed by atoms with E-state index in [1.54, 1.807) is 18.3 Å². The number of nitrogens with one attached hydrogen (secondary N) is 1. The van der Waals surface area contributed by atoms with Gasteiger partial charge in [-0.3, -0.25) is 4.79 Å². The monoisotopic (exact) mass is 476 g/mol. The number of nitrogens with zero attached hydrogens (tertiary/aromatic N) is 1. The molecule has 0 fully saturated rings. The number of carbonyl (C=O) groups excluding carboxylic acids is 1. The van der Waals surface area contributed by atoms with Crippen molar-refractivity contribution < 1.29 is 4.79 Å². The van der Waals surface area contributed by atoms with Crippen LogP contribution in [-0.4, -0.2) is 12.1 Å². The predicted molar refractivity (Wildman–Crippen MR) is 93.4 cm³/mol. The van der Waals surface area contributed by atoms with Crippen molar-refractivity contribution in [3.05, 3.63) is 66.8 Å². The molecule has 2 rings (SSSR count). The second kappa shape index (κ2) is 6.99. The molecule has 1 amide bonds. The molecule has 0 heterocycles. The first kappa shape index (κ1) is 14.4. The molecule has 0 aromatic heterocycles. The van der Waals surface area contributed by atoms with Crippen LogP contribution in [0.1, 0.15) is 15.9 Å². The molecule has 0 spiro atoms. The van der Waals surface area contributed by atoms with Crippen LogP contribution in [0.25, 0.3) is 0 Å². The zero-order valence-corrected chi connectivity index (χ0v) is 14.1. The van der Waals surface area contributed by atoms with Gasteiger partial charge in [0.05, 0.1) is 6.21 Å². The van der Waals surface area contributed by atoms with E-state index in [1.807, 2.05) is 36.4 Å². The Hall–Kier alpha value is -0.960. The maximum Gasteiger partial charge on any atom is 0.271 e. The maximum atomic E-state index is 11.8. The quantitative estimate of drug-likeness (QED) is 0.411. The van der Waals surface area contributed by atoms with Gasteiger partial charge in [0, 0.05) is 12.7 Å². The topological polar surface area (TPSA) is 41.5 Å². The number of hydrogen-bond acceptors (Lipinski definition) is 2. The third-order valence-corrected chi connectivity index (χ3v) is 3.72. The lowest BCUT2D eigenvalue weighted by Crippen LogP contribution is -2.17. The van der Waals surface area contributed by atoms with E-state index >= 15 is 0 Å². The molecule has 0 aliphatic heterocycles. The summed E-state index contributed by atoms with van der Waals surface area (Å²) in [5, 5.41) is 3.95. The largest absolute Gasteiger partial charge is 0.271 e. The van der Waals surface area contributed by atoms with Gasteiger partial charge in [-0.25, -0.2) is 5.43 Å². The van der Waals surface area contributed by atoms with Crippen LogP contribution < -0.4 is 5.43 Å². The highest BCUT2D eigenvalue weighted by atomic mass is 127. The van der Waals surface area contributed by atoms with Crippen LogP contribution in [0, 0.1) is 7.14 Å². The van der Waals surface area contributed by atoms with Gasteiger partial charge in [-0.05, 0) is 87.1 Å². The molecule has 19 heavy (non-hydrogen) atoms. The summed E-state index contributed by atoms with van der Waals surface area (Å²) in [7, 11) is 0. The Morgan fingerprint density at radius 1 is 1.05 bits per heavy atom. The van der Waals surface area contributed by atoms with Crippen molar-refractivity contribution in [2.75, 3.05) is 0 Å². The Morgan fingerprint density at radius 3 is 2.47 bits per heavy atom. The van der Waals surface area contributed by atoms with E-state index in [1.165, 1.54) is 0 Å². The van der Waals surface area contributed by atoms with Gasteiger partial charge in [-0.2, -0.15) is 5.10 Å². The third kappa shape index (κ3) is 4.57. The number of hydrazone groups is 1. The molecule has 0 atom stereocenters. The van der Waals surface area contributed by atoms with Crippen molar-refractivity contribution >= 4 is 57.3 Å². The van der Waals surface area contributed by atoms with Gasteiger partial charge in [0.25, 0.3) is 5.91 Å². The van der Waals surface area contributed by atoms with Crippen molar-refractivity contribution in [3.63, 3.8) is 0 Å². The summed E-state index contributed by atoms with van der Waals surface area (Å²) in [4.78, 5) is 11.8. The molecule has 0 unspecified atom stereocenters. The molecular formula is C14H10I2N2O. The second-order valence-corrected chi connectivity index (χ2v) is 6.25. The van der Waals surface area contributed by atoms with Gasteiger partial charge >= 0.3 is 0 Å². The van der Waals surface area contributed by atoms with E-state index in [-0.39, 0.29) is 5.91 Å². The third-order valence-electron chi connectivity index (χ3n) is 2.33. The first-order chi connectivity index (χ1) is 9.15. The van der Waals surface area contributed by atoms with Crippen molar-refractivity contribution in [2.45, 2.75) is 0 Å². The van der Waals surface area contributed by atoms with Gasteiger partial charge in [0.15, 0.2) is 0 Å². The van der Waals surface area contributed by atoms with Crippen LogP contribution in [0.4, 0.5) is 0 Å². The lowest BCUT2D eigenvalue weighted by molar-refractivity contribution is 0.0955. The summed E-state index contributed by atoms with van der Waals surface area (Å²) in [6.07, 6.45) is 1.63. The summed E-state index contributed by atoms with van der Waals surface area (Å²) in [6.45, 7) is 0. The van der Waals surface area contributed by atoms with E-state index in [4.69, 9.17) is 0 Å². The molecule has 0 aliphatic rings. The molecule has 3 nitrogen and oxygen atoms in total. The van der Waals surface area contributed by atoms with Crippen molar-refractivity contribution in [1.82, 2.24) is 5.43 Å². The Balaban J connectivity index is 1.98. The van der Waals surface area contributed by atoms with Gasteiger partial charge in [-0.15, -0.1) is 0 Å². The smallest absolute Gasteiger partial charge is 0.267 e. The molecule has 2 aromatic carbocycles. The van der Waals surface area contributed by atoms with Crippen LogP contribution in [-0.2, 0) is 0 Å². The minimum absolute atomic E-state index is 0.210. The van der Waals surface area contributed by atoms with E-state index in [2.05, 4.69) is 55.7 Å². The molecule has 0 aliphatic carbocycles. The zero-order valence-electron chi connectivity index (χ0n) is 9.81. The van der Waals surface area contributed by atoms with Crippen molar-refractivity contribution in [1.29, 1.82) is 0 Å². The van der Waals surface area contributed by atoms with Crippen LogP contribution in [0.3, 0.4) is 0 Å². The zero-order chi connectivity index (χ0) is 13.7. The van der Waals surface area contributed by atoms with Crippen LogP contribution >= 0.6 is 45.2 Å². The maximum absolute atomic E-state index is 11.8. The molecule has 0 saturated carbocycles. The molecule has 0 saturated heterocycles. The number of carbonyl (C=O) groups is 1. The van der Waals surface area contributed by atoms with E-state index in [0.717, 1.165) is 12.7 Å². The summed E-state index contributed by atoms with van der Waals surface area (Å²) >= 11 is 4.43. The lowest BCUT2D eigenvalue weighted by Gasteiger charge is -2.00. The Bertz CT molecular complexity index is 609. The molecule has 96 valence electrons. The highest BCUT2D eigenvalue weighted by Gasteiger charge is 2.02. The first-order valence-corrected chi connectivity index (χ1v) is 7.65. The highest BCUT2D eigenvalue weighted by molar-refractivity contribution is 14.1. The first-order valence-electron chi connectivity index (χ1n) is 5.50. The minimum atomic E-state index is -0.210. The summed E-state index contributed by atoms with van der Waals surface area (Å²) < 4.78 is 2.22. The predicted octanol–water partition coefficient (Wildman–Crippen LogP) is 3.66. The van der Waals surface area contributed by atoms with E-state index < -0.39 is 0 Å². The standard InChI is InChI=1S/C14H10I2N2O/c15-12-6-4-11(5-7-12)14(19)18-17-9-10-2-1-3-13(16)8-10/h1-9H,(H,18,19)/b17-9-. The van der Waals surface area contributed by atoms with Crippen LogP contribution in [0.15, 0.2) is 53.6 Å². The number of amides is 1. The fraction of sp³-hybridized carbons (Fsp3) is 0. The van der Waals surface area contributed by atoms with Crippen LogP contribution in [0.5, 0.6) is 0 Å². The van der Waals surface area contributed by atoms with Crippen molar-refractivity contribution in [2.24, 2.45) is 5.10 Å². The average Bonchev–Trinajstić information content (AvgIpc) is 2.39. The molecule has 2 aromatic rings. The molecule has 0 bridgehead atoms. The summed E-state index contributed by atoms with van der Waals surface area (Å²) in [5.74, 6) is -0.210. The van der Waals surface area contributed by atoms with Gasteiger partial charge < -0.3 is 0 Å². The SMILES string of the molecule is O=C(N/N=C\c1cccc(I)c1)c1ccc(I)cc1. The Morgan fingerprint density at radius 2 is 1.79 bits per heavy atom.